The third-order valence-corrected chi connectivity index (χ3v) is 0.598. The van der Waals surface area contributed by atoms with E-state index in [2.05, 4.69) is 0 Å². The average molecular weight is 154 g/mol. The molecule has 0 aromatic carbocycles. The zero-order valence-corrected chi connectivity index (χ0v) is 5.94. The summed E-state index contributed by atoms with van der Waals surface area (Å²) in [5.74, 6) is 4.43. The van der Waals surface area contributed by atoms with Gasteiger partial charge in [-0.25, -0.2) is 5.84 Å². The van der Waals surface area contributed by atoms with Crippen molar-refractivity contribution in [3.05, 3.63) is 0 Å². The first kappa shape index (κ1) is 11.5. The molecule has 0 unspecified atom stereocenters. The third-order valence-electron chi connectivity index (χ3n) is 0.598. The number of nitrogens with two attached hydrogens (primary N) is 1. The molecule has 56 valence electrons. The van der Waals surface area contributed by atoms with Gasteiger partial charge < -0.3 is 17.1 Å². The number of ether oxygens (including phenoxy) is 1. The Bertz CT molecular complexity index is 79.0. The predicted octanol–water partition coefficient (Wildman–Crippen LogP) is -3.98. The molecule has 0 rings (SSSR count). The van der Waals surface area contributed by atoms with Crippen LogP contribution in [0.15, 0.2) is 0 Å². The van der Waals surface area contributed by atoms with Crippen LogP contribution in [-0.4, -0.2) is 19.1 Å². The topological polar surface area (TPSA) is 64.3 Å². The summed E-state index contributed by atoms with van der Waals surface area (Å²) in [6, 6.07) is 0. The molecule has 0 fully saturated rings. The smallest absolute Gasteiger partial charge is 0.259 e. The maximum Gasteiger partial charge on any atom is 0.259 e. The van der Waals surface area contributed by atoms with E-state index in [9.17, 15) is 4.79 Å². The molecule has 3 N–H and O–H groups in total. The first-order chi connectivity index (χ1) is 3.81. The molecule has 0 spiro atoms. The van der Waals surface area contributed by atoms with Gasteiger partial charge in [-0.2, -0.15) is 0 Å². The van der Waals surface area contributed by atoms with Gasteiger partial charge in [0.05, 0.1) is 0 Å². The molecule has 4 nitrogen and oxygen atoms in total. The maximum absolute atomic E-state index is 10.2. The van der Waals surface area contributed by atoms with Crippen LogP contribution in [0.1, 0.15) is 6.92 Å². The van der Waals surface area contributed by atoms with Crippen molar-refractivity contribution in [3.63, 3.8) is 0 Å². The molecule has 0 bridgehead atoms. The van der Waals surface area contributed by atoms with Gasteiger partial charge in [0.2, 0.25) is 0 Å². The van der Waals surface area contributed by atoms with E-state index in [-0.39, 0.29) is 24.9 Å². The fourth-order valence-corrected chi connectivity index (χ4v) is 0.236. The fourth-order valence-electron chi connectivity index (χ4n) is 0.236. The maximum atomic E-state index is 10.2. The van der Waals surface area contributed by atoms with Gasteiger partial charge in [-0.3, -0.25) is 10.2 Å². The monoisotopic (exact) mass is 153 g/mol. The highest BCUT2D eigenvalue weighted by atomic mass is 35.5. The molecule has 0 aliphatic carbocycles. The Kier molecular flexibility index (Phi) is 9.79. The second-order valence-corrected chi connectivity index (χ2v) is 1.20. The van der Waals surface area contributed by atoms with Crippen molar-refractivity contribution in [2.45, 2.75) is 6.92 Å². The third kappa shape index (κ3) is 7.68. The van der Waals surface area contributed by atoms with E-state index in [1.165, 1.54) is 0 Å². The Morgan fingerprint density at radius 2 is 2.33 bits per heavy atom. The van der Waals surface area contributed by atoms with Gasteiger partial charge in [0.15, 0.2) is 0 Å². The molecular weight excluding hydrogens is 144 g/mol. The Morgan fingerprint density at radius 3 is 2.67 bits per heavy atom. The second kappa shape index (κ2) is 7.68. The van der Waals surface area contributed by atoms with Gasteiger partial charge in [-0.1, -0.05) is 0 Å². The minimum absolute atomic E-state index is 0. The predicted molar refractivity (Wildman–Crippen MR) is 28.8 cm³/mol. The van der Waals surface area contributed by atoms with Crippen LogP contribution in [0.2, 0.25) is 0 Å². The Morgan fingerprint density at radius 1 is 1.78 bits per heavy atom. The quantitative estimate of drug-likeness (QED) is 0.247. The largest absolute Gasteiger partial charge is 1.00 e. The van der Waals surface area contributed by atoms with E-state index in [1.54, 1.807) is 0 Å². The van der Waals surface area contributed by atoms with Crippen molar-refractivity contribution >= 4 is 5.91 Å². The molecule has 9 heavy (non-hydrogen) atoms. The normalized spacial score (nSPS) is 7.78. The highest BCUT2D eigenvalue weighted by molar-refractivity contribution is 5.76. The van der Waals surface area contributed by atoms with E-state index in [0.717, 1.165) is 0 Å². The molecular formula is C4H10ClN2O2-. The lowest BCUT2D eigenvalue weighted by Crippen LogP contribution is -3.00. The fraction of sp³-hybridized carbons (Fsp3) is 0.750. The summed E-state index contributed by atoms with van der Waals surface area (Å²) in [5, 5.41) is 0. The van der Waals surface area contributed by atoms with Crippen LogP contribution in [-0.2, 0) is 9.53 Å². The van der Waals surface area contributed by atoms with Gasteiger partial charge in [0.1, 0.15) is 6.61 Å². The van der Waals surface area contributed by atoms with E-state index in [0.29, 0.717) is 6.61 Å². The lowest BCUT2D eigenvalue weighted by Gasteiger charge is -1.96. The van der Waals surface area contributed by atoms with Crippen LogP contribution in [0, 0.1) is 0 Å². The molecule has 5 heteroatoms. The number of hydrogen-bond donors (Lipinski definition) is 2. The van der Waals surface area contributed by atoms with E-state index in [4.69, 9.17) is 10.6 Å². The standard InChI is InChI=1S/C4H10N2O2.ClH/c1-2-8-3-4(7)6-5;/h2-3,5H2,1H3,(H,6,7);1H/p-1. The van der Waals surface area contributed by atoms with Gasteiger partial charge in [-0.05, 0) is 6.92 Å². The lowest BCUT2D eigenvalue weighted by molar-refractivity contribution is -0.125. The SMILES string of the molecule is CCOCC(=O)NN.[Cl-]. The Balaban J connectivity index is 0. The highest BCUT2D eigenvalue weighted by Crippen LogP contribution is 1.69. The van der Waals surface area contributed by atoms with Crippen molar-refractivity contribution in [2.24, 2.45) is 5.84 Å². The summed E-state index contributed by atoms with van der Waals surface area (Å²) in [5.41, 5.74) is 1.94. The van der Waals surface area contributed by atoms with E-state index < -0.39 is 0 Å². The van der Waals surface area contributed by atoms with Gasteiger partial charge in [0, 0.05) is 6.61 Å². The summed E-state index contributed by atoms with van der Waals surface area (Å²) in [7, 11) is 0. The van der Waals surface area contributed by atoms with Crippen LogP contribution in [0.4, 0.5) is 0 Å². The molecule has 0 aromatic heterocycles. The molecule has 1 amide bonds. The molecule has 0 aromatic rings. The zero-order chi connectivity index (χ0) is 6.41. The zero-order valence-electron chi connectivity index (χ0n) is 5.19. The minimum Gasteiger partial charge on any atom is -1.00 e. The van der Waals surface area contributed by atoms with Gasteiger partial charge in [0.25, 0.3) is 5.91 Å². The number of carbonyl (C=O) groups is 1. The van der Waals surface area contributed by atoms with Crippen molar-refractivity contribution in [1.82, 2.24) is 5.43 Å². The van der Waals surface area contributed by atoms with Crippen molar-refractivity contribution in [3.8, 4) is 0 Å². The molecule has 0 aliphatic rings. The van der Waals surface area contributed by atoms with Gasteiger partial charge >= 0.3 is 0 Å². The number of halogens is 1. The van der Waals surface area contributed by atoms with Crippen LogP contribution in [0.5, 0.6) is 0 Å². The van der Waals surface area contributed by atoms with Crippen LogP contribution in [0.25, 0.3) is 0 Å². The molecule has 0 saturated carbocycles. The van der Waals surface area contributed by atoms with Crippen LogP contribution in [0.3, 0.4) is 0 Å². The number of hydrazine groups is 1. The molecule has 0 atom stereocenters. The summed E-state index contributed by atoms with van der Waals surface area (Å²) < 4.78 is 4.69. The second-order valence-electron chi connectivity index (χ2n) is 1.20. The van der Waals surface area contributed by atoms with E-state index >= 15 is 0 Å². The number of nitrogens with one attached hydrogen (secondary N) is 1. The lowest BCUT2D eigenvalue weighted by atomic mass is 10.7. The molecule has 0 radical (unpaired) electrons. The van der Waals surface area contributed by atoms with Crippen LogP contribution < -0.4 is 23.7 Å². The summed E-state index contributed by atoms with van der Waals surface area (Å²) >= 11 is 0. The number of carbonyl (C=O) groups excluding carboxylic acids is 1. The molecule has 0 heterocycles. The summed E-state index contributed by atoms with van der Waals surface area (Å²) in [4.78, 5) is 10.2. The van der Waals surface area contributed by atoms with E-state index in [1.807, 2.05) is 12.3 Å². The summed E-state index contributed by atoms with van der Waals surface area (Å²) in [6.45, 7) is 2.39. The number of amides is 1. The highest BCUT2D eigenvalue weighted by Gasteiger charge is 1.93. The number of hydrogen-bond acceptors (Lipinski definition) is 3. The molecule has 0 saturated heterocycles. The first-order valence-corrected chi connectivity index (χ1v) is 2.38. The van der Waals surface area contributed by atoms with Crippen molar-refractivity contribution in [1.29, 1.82) is 0 Å². The van der Waals surface area contributed by atoms with Crippen molar-refractivity contribution < 1.29 is 21.9 Å². The average Bonchev–Trinajstić information content (AvgIpc) is 1.83. The summed E-state index contributed by atoms with van der Waals surface area (Å²) in [6.07, 6.45) is 0. The first-order valence-electron chi connectivity index (χ1n) is 2.38. The Hall–Kier alpha value is -0.320. The minimum atomic E-state index is -0.299. The van der Waals surface area contributed by atoms with Crippen LogP contribution >= 0.6 is 0 Å². The van der Waals surface area contributed by atoms with Gasteiger partial charge in [-0.15, -0.1) is 0 Å². The van der Waals surface area contributed by atoms with Crippen molar-refractivity contribution in [2.75, 3.05) is 13.2 Å². The number of rotatable bonds is 3. The Labute approximate surface area is 60.1 Å². The molecule has 0 aliphatic heterocycles.